The highest BCUT2D eigenvalue weighted by atomic mass is 35.5. The first-order valence-electron chi connectivity index (χ1n) is 8.41. The molecule has 3 rings (SSSR count). The fourth-order valence-corrected chi connectivity index (χ4v) is 2.92. The molecule has 132 valence electrons. The lowest BCUT2D eigenvalue weighted by molar-refractivity contribution is 0.0853. The fraction of sp³-hybridized carbons (Fsp3) is 0.389. The number of hydrogen-bond acceptors (Lipinski definition) is 5. The van der Waals surface area contributed by atoms with E-state index in [1.54, 1.807) is 6.07 Å². The molecule has 0 saturated carbocycles. The van der Waals surface area contributed by atoms with Gasteiger partial charge in [0.15, 0.2) is 0 Å². The number of ether oxygens (including phenoxy) is 1. The molecule has 1 atom stereocenters. The monoisotopic (exact) mass is 360 g/mol. The Morgan fingerprint density at radius 1 is 1.32 bits per heavy atom. The Bertz CT molecular complexity index is 720. The summed E-state index contributed by atoms with van der Waals surface area (Å²) in [5.74, 6) is 0.412. The van der Waals surface area contributed by atoms with Crippen LogP contribution >= 0.6 is 11.6 Å². The van der Waals surface area contributed by atoms with E-state index in [0.29, 0.717) is 24.6 Å². The highest BCUT2D eigenvalue weighted by molar-refractivity contribution is 6.30. The summed E-state index contributed by atoms with van der Waals surface area (Å²) < 4.78 is 5.50. The average molecular weight is 361 g/mol. The molecule has 25 heavy (non-hydrogen) atoms. The summed E-state index contributed by atoms with van der Waals surface area (Å²) in [6.45, 7) is 1.98. The molecule has 1 aliphatic heterocycles. The number of rotatable bonds is 7. The second-order valence-electron chi connectivity index (χ2n) is 5.94. The summed E-state index contributed by atoms with van der Waals surface area (Å²) in [5, 5.41) is 6.79. The summed E-state index contributed by atoms with van der Waals surface area (Å²) in [6.07, 6.45) is 4.35. The summed E-state index contributed by atoms with van der Waals surface area (Å²) in [5.41, 5.74) is 1.49. The number of aromatic nitrogens is 2. The molecule has 1 unspecified atom stereocenters. The van der Waals surface area contributed by atoms with Crippen LogP contribution in [-0.4, -0.2) is 41.7 Å². The molecule has 0 radical (unpaired) electrons. The topological polar surface area (TPSA) is 76.1 Å². The largest absolute Gasteiger partial charge is 0.376 e. The quantitative estimate of drug-likeness (QED) is 0.794. The zero-order valence-corrected chi connectivity index (χ0v) is 14.6. The lowest BCUT2D eigenvalue weighted by Crippen LogP contribution is -2.32. The predicted octanol–water partition coefficient (Wildman–Crippen LogP) is 2.69. The molecule has 0 spiro atoms. The summed E-state index contributed by atoms with van der Waals surface area (Å²) in [7, 11) is 0. The Morgan fingerprint density at radius 2 is 2.24 bits per heavy atom. The number of benzene rings is 1. The van der Waals surface area contributed by atoms with Gasteiger partial charge >= 0.3 is 0 Å². The van der Waals surface area contributed by atoms with Gasteiger partial charge in [-0.3, -0.25) is 4.79 Å². The number of nitrogens with one attached hydrogen (secondary N) is 2. The van der Waals surface area contributed by atoms with E-state index >= 15 is 0 Å². The molecular formula is C18H21ClN4O2. The molecule has 6 nitrogen and oxygen atoms in total. The van der Waals surface area contributed by atoms with Crippen molar-refractivity contribution in [1.82, 2.24) is 15.3 Å². The van der Waals surface area contributed by atoms with E-state index in [9.17, 15) is 4.79 Å². The Balaban J connectivity index is 1.49. The predicted molar refractivity (Wildman–Crippen MR) is 97.0 cm³/mol. The van der Waals surface area contributed by atoms with Crippen molar-refractivity contribution in [3.05, 3.63) is 52.9 Å². The molecule has 1 aromatic carbocycles. The highest BCUT2D eigenvalue weighted by Gasteiger charge is 2.17. The van der Waals surface area contributed by atoms with Gasteiger partial charge in [-0.25, -0.2) is 9.97 Å². The van der Waals surface area contributed by atoms with Crippen molar-refractivity contribution in [1.29, 1.82) is 0 Å². The Hall–Kier alpha value is -2.18. The van der Waals surface area contributed by atoms with Gasteiger partial charge in [-0.1, -0.05) is 23.7 Å². The van der Waals surface area contributed by atoms with Gasteiger partial charge in [0.25, 0.3) is 5.91 Å². The molecule has 0 bridgehead atoms. The number of amides is 1. The van der Waals surface area contributed by atoms with Crippen LogP contribution in [0.2, 0.25) is 5.02 Å². The zero-order chi connectivity index (χ0) is 17.5. The summed E-state index contributed by atoms with van der Waals surface area (Å²) in [4.78, 5) is 20.4. The number of carbonyl (C=O) groups excluding carboxylic acids is 1. The third kappa shape index (κ3) is 5.41. The van der Waals surface area contributed by atoms with Crippen LogP contribution in [0.5, 0.6) is 0 Å². The van der Waals surface area contributed by atoms with Crippen molar-refractivity contribution < 1.29 is 9.53 Å². The summed E-state index contributed by atoms with van der Waals surface area (Å²) in [6, 6.07) is 9.40. The van der Waals surface area contributed by atoms with E-state index in [2.05, 4.69) is 20.6 Å². The lowest BCUT2D eigenvalue weighted by atomic mass is 10.1. The van der Waals surface area contributed by atoms with Gasteiger partial charge in [0.05, 0.1) is 6.10 Å². The summed E-state index contributed by atoms with van der Waals surface area (Å²) >= 11 is 5.98. The normalized spacial score (nSPS) is 16.6. The molecule has 1 aromatic heterocycles. The van der Waals surface area contributed by atoms with Crippen molar-refractivity contribution in [2.45, 2.75) is 25.4 Å². The molecule has 2 aromatic rings. The first kappa shape index (κ1) is 17.6. The Morgan fingerprint density at radius 3 is 3.04 bits per heavy atom. The molecule has 2 heterocycles. The highest BCUT2D eigenvalue weighted by Crippen LogP contribution is 2.12. The van der Waals surface area contributed by atoms with Gasteiger partial charge < -0.3 is 15.4 Å². The van der Waals surface area contributed by atoms with E-state index in [1.165, 1.54) is 6.33 Å². The van der Waals surface area contributed by atoms with Gasteiger partial charge in [0, 0.05) is 30.8 Å². The van der Waals surface area contributed by atoms with Crippen molar-refractivity contribution >= 4 is 23.3 Å². The van der Waals surface area contributed by atoms with Crippen molar-refractivity contribution in [2.24, 2.45) is 0 Å². The SMILES string of the molecule is O=C(NCC1CCCO1)c1cc(NCCc2cccc(Cl)c2)ncn1. The average Bonchev–Trinajstić information content (AvgIpc) is 3.14. The first-order valence-corrected chi connectivity index (χ1v) is 8.78. The van der Waals surface area contributed by atoms with Gasteiger partial charge in [-0.05, 0) is 37.0 Å². The minimum atomic E-state index is -0.212. The number of hydrogen-bond donors (Lipinski definition) is 2. The molecule has 2 N–H and O–H groups in total. The number of halogens is 1. The minimum Gasteiger partial charge on any atom is -0.376 e. The van der Waals surface area contributed by atoms with E-state index in [4.69, 9.17) is 16.3 Å². The van der Waals surface area contributed by atoms with Crippen LogP contribution < -0.4 is 10.6 Å². The van der Waals surface area contributed by atoms with E-state index in [1.807, 2.05) is 24.3 Å². The lowest BCUT2D eigenvalue weighted by Gasteiger charge is -2.11. The Kier molecular flexibility index (Phi) is 6.19. The Labute approximate surface area is 152 Å². The molecule has 1 saturated heterocycles. The number of carbonyl (C=O) groups is 1. The van der Waals surface area contributed by atoms with Crippen LogP contribution in [0.25, 0.3) is 0 Å². The van der Waals surface area contributed by atoms with E-state index in [0.717, 1.165) is 36.5 Å². The third-order valence-corrected chi connectivity index (χ3v) is 4.26. The molecule has 0 aliphatic carbocycles. The van der Waals surface area contributed by atoms with Crippen molar-refractivity contribution in [3.8, 4) is 0 Å². The maximum atomic E-state index is 12.2. The second-order valence-corrected chi connectivity index (χ2v) is 6.38. The second kappa shape index (κ2) is 8.78. The standard InChI is InChI=1S/C18H21ClN4O2/c19-14-4-1-3-13(9-14)6-7-20-17-10-16(22-12-23-17)18(24)21-11-15-5-2-8-25-15/h1,3-4,9-10,12,15H,2,5-8,11H2,(H,21,24)(H,20,22,23). The van der Waals surface area contributed by atoms with E-state index in [-0.39, 0.29) is 12.0 Å². The van der Waals surface area contributed by atoms with Crippen LogP contribution in [-0.2, 0) is 11.2 Å². The molecular weight excluding hydrogens is 340 g/mol. The molecule has 1 aliphatic rings. The maximum absolute atomic E-state index is 12.2. The van der Waals surface area contributed by atoms with Crippen LogP contribution in [0.4, 0.5) is 5.82 Å². The van der Waals surface area contributed by atoms with Crippen LogP contribution in [0.1, 0.15) is 28.9 Å². The van der Waals surface area contributed by atoms with Gasteiger partial charge in [0.2, 0.25) is 0 Å². The number of anilines is 1. The van der Waals surface area contributed by atoms with Crippen LogP contribution in [0, 0.1) is 0 Å². The smallest absolute Gasteiger partial charge is 0.270 e. The minimum absolute atomic E-state index is 0.112. The molecule has 7 heteroatoms. The fourth-order valence-electron chi connectivity index (χ4n) is 2.71. The van der Waals surface area contributed by atoms with Crippen LogP contribution in [0.3, 0.4) is 0 Å². The first-order chi connectivity index (χ1) is 12.2. The molecule has 1 fully saturated rings. The zero-order valence-electron chi connectivity index (χ0n) is 13.9. The van der Waals surface area contributed by atoms with Crippen molar-refractivity contribution in [2.75, 3.05) is 25.0 Å². The molecule has 1 amide bonds. The third-order valence-electron chi connectivity index (χ3n) is 4.02. The maximum Gasteiger partial charge on any atom is 0.270 e. The van der Waals surface area contributed by atoms with Crippen LogP contribution in [0.15, 0.2) is 36.7 Å². The van der Waals surface area contributed by atoms with E-state index < -0.39 is 0 Å². The van der Waals surface area contributed by atoms with Crippen molar-refractivity contribution in [3.63, 3.8) is 0 Å². The van der Waals surface area contributed by atoms with Gasteiger partial charge in [0.1, 0.15) is 17.8 Å². The van der Waals surface area contributed by atoms with Gasteiger partial charge in [-0.2, -0.15) is 0 Å². The number of nitrogens with zero attached hydrogens (tertiary/aromatic N) is 2. The van der Waals surface area contributed by atoms with Gasteiger partial charge in [-0.15, -0.1) is 0 Å².